The zero-order chi connectivity index (χ0) is 14.0. The molecule has 0 rings (SSSR count). The van der Waals surface area contributed by atoms with Gasteiger partial charge in [-0.2, -0.15) is 12.7 Å². The van der Waals surface area contributed by atoms with Crippen LogP contribution in [0.2, 0.25) is 0 Å². The Hall–Kier alpha value is -0.250. The number of rotatable bonds is 11. The summed E-state index contributed by atoms with van der Waals surface area (Å²) in [6.45, 7) is 3.37. The molecule has 0 aromatic rings. The first kappa shape index (κ1) is 17.8. The molecule has 0 aromatic carbocycles. The highest BCUT2D eigenvalue weighted by Crippen LogP contribution is 1.94. The zero-order valence-electron chi connectivity index (χ0n) is 11.6. The molecule has 110 valence electrons. The van der Waals surface area contributed by atoms with E-state index < -0.39 is 10.2 Å². The van der Waals surface area contributed by atoms with Crippen LogP contribution < -0.4 is 10.5 Å². The van der Waals surface area contributed by atoms with Crippen LogP contribution in [0.4, 0.5) is 0 Å². The van der Waals surface area contributed by atoms with Crippen LogP contribution in [0.1, 0.15) is 6.42 Å². The fourth-order valence-electron chi connectivity index (χ4n) is 1.27. The van der Waals surface area contributed by atoms with Crippen LogP contribution in [0, 0.1) is 0 Å². The number of likely N-dealkylation sites (N-methyl/N-ethyl adjacent to an activating group) is 1. The fraction of sp³-hybridized carbons (Fsp3) is 1.00. The van der Waals surface area contributed by atoms with Crippen molar-refractivity contribution in [2.45, 2.75) is 6.42 Å². The van der Waals surface area contributed by atoms with Crippen LogP contribution in [-0.4, -0.2) is 78.2 Å². The molecule has 0 unspecified atom stereocenters. The summed E-state index contributed by atoms with van der Waals surface area (Å²) in [7, 11) is 1.73. The van der Waals surface area contributed by atoms with Crippen LogP contribution in [0.3, 0.4) is 0 Å². The van der Waals surface area contributed by atoms with E-state index in [1.807, 2.05) is 11.9 Å². The van der Waals surface area contributed by atoms with Crippen LogP contribution in [0.15, 0.2) is 0 Å². The first-order valence-corrected chi connectivity index (χ1v) is 7.46. The summed E-state index contributed by atoms with van der Waals surface area (Å²) in [4.78, 5) is 2.01. The highest BCUT2D eigenvalue weighted by molar-refractivity contribution is 7.87. The van der Waals surface area contributed by atoms with Gasteiger partial charge in [0.1, 0.15) is 0 Å². The Kier molecular flexibility index (Phi) is 9.52. The molecule has 0 aromatic heterocycles. The van der Waals surface area contributed by atoms with Crippen molar-refractivity contribution in [2.75, 3.05) is 60.5 Å². The smallest absolute Gasteiger partial charge is 0.279 e. The molecule has 0 heterocycles. The monoisotopic (exact) mass is 282 g/mol. The summed E-state index contributed by atoms with van der Waals surface area (Å²) < 4.78 is 32.3. The standard InChI is InChI=1S/C10H26N4O3S/c1-13(9-10-17-3)8-6-12-18(15,16)14(2)7-4-5-11/h12H,4-11H2,1-3H3. The number of methoxy groups -OCH3 is 1. The van der Waals surface area contributed by atoms with Gasteiger partial charge in [0.25, 0.3) is 10.2 Å². The van der Waals surface area contributed by atoms with E-state index in [9.17, 15) is 8.42 Å². The molecule has 0 aliphatic rings. The van der Waals surface area contributed by atoms with Crippen molar-refractivity contribution in [3.8, 4) is 0 Å². The van der Waals surface area contributed by atoms with E-state index in [4.69, 9.17) is 10.5 Å². The molecule has 0 aliphatic carbocycles. The van der Waals surface area contributed by atoms with Crippen LogP contribution in [0.25, 0.3) is 0 Å². The van der Waals surface area contributed by atoms with Gasteiger partial charge in [-0.05, 0) is 20.0 Å². The van der Waals surface area contributed by atoms with Crippen molar-refractivity contribution >= 4 is 10.2 Å². The first-order valence-electron chi connectivity index (χ1n) is 6.02. The Morgan fingerprint density at radius 3 is 2.44 bits per heavy atom. The summed E-state index contributed by atoms with van der Waals surface area (Å²) in [6.07, 6.45) is 0.658. The second-order valence-corrected chi connectivity index (χ2v) is 6.02. The molecule has 0 spiro atoms. The lowest BCUT2D eigenvalue weighted by Gasteiger charge is -2.19. The molecule has 0 amide bonds. The molecule has 18 heavy (non-hydrogen) atoms. The summed E-state index contributed by atoms with van der Waals surface area (Å²) in [6, 6.07) is 0. The Morgan fingerprint density at radius 1 is 1.22 bits per heavy atom. The van der Waals surface area contributed by atoms with Gasteiger partial charge in [-0.25, -0.2) is 4.72 Å². The Bertz CT molecular complexity index is 297. The van der Waals surface area contributed by atoms with Gasteiger partial charge in [0, 0.05) is 40.3 Å². The zero-order valence-corrected chi connectivity index (χ0v) is 12.4. The molecule has 8 heteroatoms. The lowest BCUT2D eigenvalue weighted by atomic mass is 10.4. The van der Waals surface area contributed by atoms with E-state index in [0.717, 1.165) is 6.54 Å². The third-order valence-electron chi connectivity index (χ3n) is 2.54. The lowest BCUT2D eigenvalue weighted by molar-refractivity contribution is 0.162. The molecular weight excluding hydrogens is 256 g/mol. The largest absolute Gasteiger partial charge is 0.383 e. The minimum Gasteiger partial charge on any atom is -0.383 e. The molecule has 7 nitrogen and oxygen atoms in total. The number of nitrogens with two attached hydrogens (primary N) is 1. The minimum absolute atomic E-state index is 0.384. The first-order chi connectivity index (χ1) is 8.44. The maximum Gasteiger partial charge on any atom is 0.279 e. The van der Waals surface area contributed by atoms with Gasteiger partial charge < -0.3 is 15.4 Å². The molecule has 3 N–H and O–H groups in total. The predicted molar refractivity (Wildman–Crippen MR) is 72.6 cm³/mol. The van der Waals surface area contributed by atoms with E-state index >= 15 is 0 Å². The van der Waals surface area contributed by atoms with Crippen molar-refractivity contribution in [2.24, 2.45) is 5.73 Å². The predicted octanol–water partition coefficient (Wildman–Crippen LogP) is -1.32. The maximum atomic E-state index is 11.8. The molecule has 0 radical (unpaired) electrons. The maximum absolute atomic E-state index is 11.8. The second kappa shape index (κ2) is 9.65. The van der Waals surface area contributed by atoms with Gasteiger partial charge in [-0.3, -0.25) is 0 Å². The second-order valence-electron chi connectivity index (χ2n) is 4.16. The summed E-state index contributed by atoms with van der Waals surface area (Å²) in [5.41, 5.74) is 5.35. The van der Waals surface area contributed by atoms with Crippen LogP contribution >= 0.6 is 0 Å². The summed E-state index contributed by atoms with van der Waals surface area (Å²) in [5.74, 6) is 0. The van der Waals surface area contributed by atoms with E-state index in [0.29, 0.717) is 39.2 Å². The number of hydrogen-bond donors (Lipinski definition) is 2. The SMILES string of the molecule is COCCN(C)CCNS(=O)(=O)N(C)CCCN. The third kappa shape index (κ3) is 7.96. The van der Waals surface area contributed by atoms with E-state index in [1.54, 1.807) is 14.2 Å². The topological polar surface area (TPSA) is 87.9 Å². The van der Waals surface area contributed by atoms with E-state index in [2.05, 4.69) is 4.72 Å². The van der Waals surface area contributed by atoms with Crippen molar-refractivity contribution in [1.82, 2.24) is 13.9 Å². The molecular formula is C10H26N4O3S. The highest BCUT2D eigenvalue weighted by Gasteiger charge is 2.15. The molecule has 0 saturated heterocycles. The third-order valence-corrected chi connectivity index (χ3v) is 4.11. The molecule has 0 saturated carbocycles. The Morgan fingerprint density at radius 2 is 1.89 bits per heavy atom. The van der Waals surface area contributed by atoms with Gasteiger partial charge in [0.05, 0.1) is 6.61 Å². The Balaban J connectivity index is 3.89. The van der Waals surface area contributed by atoms with E-state index in [-0.39, 0.29) is 0 Å². The minimum atomic E-state index is -3.38. The fourth-order valence-corrected chi connectivity index (χ4v) is 2.21. The van der Waals surface area contributed by atoms with Crippen molar-refractivity contribution < 1.29 is 13.2 Å². The van der Waals surface area contributed by atoms with Gasteiger partial charge in [-0.1, -0.05) is 0 Å². The van der Waals surface area contributed by atoms with Gasteiger partial charge in [-0.15, -0.1) is 0 Å². The molecule has 0 atom stereocenters. The number of nitrogens with one attached hydrogen (secondary N) is 1. The van der Waals surface area contributed by atoms with Crippen LogP contribution in [0.5, 0.6) is 0 Å². The molecule has 0 fully saturated rings. The molecule has 0 bridgehead atoms. The Labute approximate surface area is 110 Å². The highest BCUT2D eigenvalue weighted by atomic mass is 32.2. The number of ether oxygens (including phenoxy) is 1. The molecule has 0 aliphatic heterocycles. The average molecular weight is 282 g/mol. The normalized spacial score (nSPS) is 12.6. The quantitative estimate of drug-likeness (QED) is 0.491. The lowest BCUT2D eigenvalue weighted by Crippen LogP contribution is -2.42. The van der Waals surface area contributed by atoms with Gasteiger partial charge >= 0.3 is 0 Å². The summed E-state index contributed by atoms with van der Waals surface area (Å²) in [5, 5.41) is 0. The summed E-state index contributed by atoms with van der Waals surface area (Å²) >= 11 is 0. The van der Waals surface area contributed by atoms with Crippen LogP contribution in [-0.2, 0) is 14.9 Å². The number of hydrogen-bond acceptors (Lipinski definition) is 5. The van der Waals surface area contributed by atoms with Gasteiger partial charge in [0.15, 0.2) is 0 Å². The van der Waals surface area contributed by atoms with Crippen molar-refractivity contribution in [1.29, 1.82) is 0 Å². The van der Waals surface area contributed by atoms with Crippen molar-refractivity contribution in [3.05, 3.63) is 0 Å². The number of nitrogens with zero attached hydrogens (tertiary/aromatic N) is 2. The van der Waals surface area contributed by atoms with Gasteiger partial charge in [0.2, 0.25) is 0 Å². The average Bonchev–Trinajstić information content (AvgIpc) is 2.33. The van der Waals surface area contributed by atoms with E-state index in [1.165, 1.54) is 4.31 Å². The van der Waals surface area contributed by atoms with Crippen molar-refractivity contribution in [3.63, 3.8) is 0 Å².